The summed E-state index contributed by atoms with van der Waals surface area (Å²) in [6.45, 7) is 5.02. The largest absolute Gasteiger partial charge is 0.450 e. The smallest absolute Gasteiger partial charge is 0.350 e. The first-order valence-electron chi connectivity index (χ1n) is 15.1. The topological polar surface area (TPSA) is 200 Å². The molecular formula is C29H45N11O2. The third-order valence-electron chi connectivity index (χ3n) is 8.58. The standard InChI is InChI=1S/C29H45N11O2/c30-27(31)35-11-1-15-39(16-2-12-36-28(32)33)21-4-6-22(7-5-21)40-18-25-26(38-29(40)41)37-23-17-20(3-8-24(23)42-25)19-9-13-34-14-10-19/h3,8,17-19,21-22,34H,1-2,4-7,9-16H2,(H4,30,31,35)(H4,32,33,36)(H,37,38,41). The average molecular weight is 580 g/mol. The van der Waals surface area contributed by atoms with Gasteiger partial charge in [0.05, 0.1) is 11.9 Å². The Kier molecular flexibility index (Phi) is 9.80. The SMILES string of the molecule is NC(N)=NCCCN(CCCN=C(N)N)C1CCC(n2cc3c(nc2=O)Nc2cc(C4CCNCC4)ccc2O3)CC1. The van der Waals surface area contributed by atoms with Crippen molar-refractivity contribution in [1.29, 1.82) is 0 Å². The van der Waals surface area contributed by atoms with Crippen LogP contribution in [0.1, 0.15) is 68.9 Å². The molecule has 2 aromatic rings. The number of aromatic nitrogens is 2. The molecule has 1 aliphatic carbocycles. The van der Waals surface area contributed by atoms with E-state index in [1.54, 1.807) is 4.57 Å². The average Bonchev–Trinajstić information content (AvgIpc) is 2.99. The summed E-state index contributed by atoms with van der Waals surface area (Å²) in [4.78, 5) is 28.3. The number of nitrogens with two attached hydrogens (primary N) is 4. The molecule has 10 N–H and O–H groups in total. The van der Waals surface area contributed by atoms with Crippen LogP contribution in [0.2, 0.25) is 0 Å². The summed E-state index contributed by atoms with van der Waals surface area (Å²) in [5.41, 5.74) is 23.9. The lowest BCUT2D eigenvalue weighted by Gasteiger charge is -2.37. The third kappa shape index (κ3) is 7.51. The molecule has 228 valence electrons. The number of nitrogens with zero attached hydrogens (tertiary/aromatic N) is 5. The van der Waals surface area contributed by atoms with Gasteiger partial charge < -0.3 is 43.2 Å². The molecule has 2 fully saturated rings. The molecule has 5 rings (SSSR count). The zero-order valence-electron chi connectivity index (χ0n) is 24.3. The highest BCUT2D eigenvalue weighted by molar-refractivity contribution is 5.76. The highest BCUT2D eigenvalue weighted by Gasteiger charge is 2.29. The molecule has 0 bridgehead atoms. The van der Waals surface area contributed by atoms with Gasteiger partial charge in [0.1, 0.15) is 0 Å². The van der Waals surface area contributed by atoms with E-state index < -0.39 is 0 Å². The van der Waals surface area contributed by atoms with Crippen LogP contribution >= 0.6 is 0 Å². The van der Waals surface area contributed by atoms with Gasteiger partial charge in [-0.3, -0.25) is 14.6 Å². The molecule has 3 aliphatic rings. The number of hydrogen-bond donors (Lipinski definition) is 6. The van der Waals surface area contributed by atoms with Crippen LogP contribution in [0.3, 0.4) is 0 Å². The summed E-state index contributed by atoms with van der Waals surface area (Å²) in [6.07, 6.45) is 9.50. The minimum atomic E-state index is -0.252. The predicted molar refractivity (Wildman–Crippen MR) is 167 cm³/mol. The van der Waals surface area contributed by atoms with E-state index in [4.69, 9.17) is 27.7 Å². The van der Waals surface area contributed by atoms with E-state index in [1.165, 1.54) is 5.56 Å². The Hall–Kier alpha value is -3.84. The summed E-state index contributed by atoms with van der Waals surface area (Å²) in [7, 11) is 0. The number of aliphatic imine (C=N–C) groups is 2. The van der Waals surface area contributed by atoms with Gasteiger partial charge >= 0.3 is 5.69 Å². The van der Waals surface area contributed by atoms with Crippen LogP contribution in [0.5, 0.6) is 11.5 Å². The van der Waals surface area contributed by atoms with Crippen molar-refractivity contribution in [3.63, 3.8) is 0 Å². The fraction of sp³-hybridized carbons (Fsp3) is 0.586. The van der Waals surface area contributed by atoms with Gasteiger partial charge in [0.2, 0.25) is 0 Å². The van der Waals surface area contributed by atoms with Crippen LogP contribution in [-0.4, -0.2) is 71.7 Å². The summed E-state index contributed by atoms with van der Waals surface area (Å²) in [6, 6.07) is 6.80. The number of ether oxygens (including phenoxy) is 1. The minimum Gasteiger partial charge on any atom is -0.450 e. The van der Waals surface area contributed by atoms with E-state index in [1.807, 2.05) is 12.3 Å². The van der Waals surface area contributed by atoms with Crippen molar-refractivity contribution in [1.82, 2.24) is 19.8 Å². The normalized spacial score (nSPS) is 20.1. The molecule has 1 saturated heterocycles. The lowest BCUT2D eigenvalue weighted by atomic mass is 9.89. The van der Waals surface area contributed by atoms with Gasteiger partial charge in [-0.25, -0.2) is 4.79 Å². The number of nitrogens with one attached hydrogen (secondary N) is 2. The van der Waals surface area contributed by atoms with Crippen LogP contribution in [0, 0.1) is 0 Å². The van der Waals surface area contributed by atoms with E-state index in [9.17, 15) is 4.79 Å². The Labute approximate surface area is 246 Å². The van der Waals surface area contributed by atoms with E-state index >= 15 is 0 Å². The number of fused-ring (bicyclic) bond motifs is 2. The van der Waals surface area contributed by atoms with Gasteiger partial charge in [-0.05, 0) is 88.1 Å². The Morgan fingerprint density at radius 3 is 2.26 bits per heavy atom. The molecule has 1 aromatic carbocycles. The predicted octanol–water partition coefficient (Wildman–Crippen LogP) is 1.67. The number of rotatable bonds is 11. The number of benzene rings is 1. The minimum absolute atomic E-state index is 0.0731. The van der Waals surface area contributed by atoms with E-state index in [0.29, 0.717) is 36.6 Å². The highest BCUT2D eigenvalue weighted by Crippen LogP contribution is 2.43. The molecule has 0 radical (unpaired) electrons. The Morgan fingerprint density at radius 1 is 0.952 bits per heavy atom. The Balaban J connectivity index is 1.21. The molecule has 0 spiro atoms. The molecule has 13 heteroatoms. The van der Waals surface area contributed by atoms with Gasteiger partial charge in [0.25, 0.3) is 0 Å². The van der Waals surface area contributed by atoms with Crippen LogP contribution in [0.4, 0.5) is 11.5 Å². The molecule has 0 unspecified atom stereocenters. The lowest BCUT2D eigenvalue weighted by Crippen LogP contribution is -2.41. The maximum absolute atomic E-state index is 13.2. The van der Waals surface area contributed by atoms with E-state index in [2.05, 4.69) is 42.6 Å². The van der Waals surface area contributed by atoms with E-state index in [-0.39, 0.29) is 23.7 Å². The fourth-order valence-corrected chi connectivity index (χ4v) is 6.41. The summed E-state index contributed by atoms with van der Waals surface area (Å²) in [5, 5.41) is 6.77. The summed E-state index contributed by atoms with van der Waals surface area (Å²) < 4.78 is 8.00. The monoisotopic (exact) mass is 579 g/mol. The number of piperidine rings is 1. The van der Waals surface area contributed by atoms with Gasteiger partial charge in [0, 0.05) is 38.3 Å². The van der Waals surface area contributed by atoms with Crippen molar-refractivity contribution in [2.24, 2.45) is 32.9 Å². The van der Waals surface area contributed by atoms with Gasteiger partial charge in [-0.15, -0.1) is 0 Å². The number of anilines is 2. The second-order valence-electron chi connectivity index (χ2n) is 11.5. The zero-order valence-corrected chi connectivity index (χ0v) is 24.3. The quantitative estimate of drug-likeness (QED) is 0.110. The maximum Gasteiger partial charge on any atom is 0.350 e. The molecule has 13 nitrogen and oxygen atoms in total. The van der Waals surface area contributed by atoms with Gasteiger partial charge in [0.15, 0.2) is 29.2 Å². The first-order chi connectivity index (χ1) is 20.4. The van der Waals surface area contributed by atoms with Gasteiger partial charge in [-0.1, -0.05) is 6.07 Å². The van der Waals surface area contributed by atoms with Crippen molar-refractivity contribution in [2.75, 3.05) is 44.6 Å². The molecule has 42 heavy (non-hydrogen) atoms. The second-order valence-corrected chi connectivity index (χ2v) is 11.5. The van der Waals surface area contributed by atoms with Crippen LogP contribution in [0.15, 0.2) is 39.2 Å². The van der Waals surface area contributed by atoms with E-state index in [0.717, 1.165) is 89.0 Å². The van der Waals surface area contributed by atoms with Crippen LogP contribution in [-0.2, 0) is 0 Å². The maximum atomic E-state index is 13.2. The molecule has 0 amide bonds. The van der Waals surface area contributed by atoms with Crippen LogP contribution in [0.25, 0.3) is 0 Å². The molecule has 2 aliphatic heterocycles. The molecule has 3 heterocycles. The lowest BCUT2D eigenvalue weighted by molar-refractivity contribution is 0.134. The summed E-state index contributed by atoms with van der Waals surface area (Å²) in [5.74, 6) is 2.58. The Bertz CT molecular complexity index is 1300. The van der Waals surface area contributed by atoms with Crippen molar-refractivity contribution >= 4 is 23.4 Å². The van der Waals surface area contributed by atoms with Crippen molar-refractivity contribution < 1.29 is 4.74 Å². The number of guanidine groups is 2. The third-order valence-corrected chi connectivity index (χ3v) is 8.58. The van der Waals surface area contributed by atoms with Crippen LogP contribution < -0.4 is 44.0 Å². The van der Waals surface area contributed by atoms with Crippen molar-refractivity contribution in [3.8, 4) is 11.5 Å². The molecule has 1 saturated carbocycles. The van der Waals surface area contributed by atoms with Crippen molar-refractivity contribution in [3.05, 3.63) is 40.4 Å². The first kappa shape index (κ1) is 29.6. The van der Waals surface area contributed by atoms with Gasteiger partial charge in [-0.2, -0.15) is 4.98 Å². The van der Waals surface area contributed by atoms with Crippen molar-refractivity contribution in [2.45, 2.75) is 69.4 Å². The zero-order chi connectivity index (χ0) is 29.5. The summed E-state index contributed by atoms with van der Waals surface area (Å²) >= 11 is 0. The highest BCUT2D eigenvalue weighted by atomic mass is 16.5. The second kappa shape index (κ2) is 13.9. The first-order valence-corrected chi connectivity index (χ1v) is 15.1. The fourth-order valence-electron chi connectivity index (χ4n) is 6.41. The molecular weight excluding hydrogens is 534 g/mol. The molecule has 0 atom stereocenters. The number of hydrogen-bond acceptors (Lipinski definition) is 8. The molecule has 1 aromatic heterocycles. The Morgan fingerprint density at radius 2 is 1.62 bits per heavy atom.